The second kappa shape index (κ2) is 9.28. The SMILES string of the molecule is C=CCc1ccccc1OCc1ccc(C(=O)NCc2c(Cl)cnn2CC)o1. The molecule has 6 nitrogen and oxygen atoms in total. The molecule has 0 saturated heterocycles. The predicted octanol–water partition coefficient (Wildman–Crippen LogP) is 4.39. The number of allylic oxidation sites excluding steroid dienone is 1. The van der Waals surface area contributed by atoms with E-state index in [0.29, 0.717) is 17.3 Å². The van der Waals surface area contributed by atoms with Gasteiger partial charge in [-0.2, -0.15) is 5.10 Å². The Morgan fingerprint density at radius 3 is 2.96 bits per heavy atom. The van der Waals surface area contributed by atoms with Gasteiger partial charge < -0.3 is 14.5 Å². The number of para-hydroxylation sites is 1. The molecule has 0 aliphatic carbocycles. The number of nitrogens with zero attached hydrogens (tertiary/aromatic N) is 2. The molecule has 3 aromatic rings. The van der Waals surface area contributed by atoms with Crippen molar-refractivity contribution in [3.63, 3.8) is 0 Å². The third kappa shape index (κ3) is 4.64. The van der Waals surface area contributed by atoms with E-state index in [1.165, 1.54) is 0 Å². The number of hydrogen-bond donors (Lipinski definition) is 1. The summed E-state index contributed by atoms with van der Waals surface area (Å²) >= 11 is 6.11. The molecule has 1 amide bonds. The van der Waals surface area contributed by atoms with Crippen molar-refractivity contribution < 1.29 is 13.9 Å². The summed E-state index contributed by atoms with van der Waals surface area (Å²) in [6.45, 7) is 6.89. The minimum absolute atomic E-state index is 0.219. The Morgan fingerprint density at radius 1 is 1.36 bits per heavy atom. The van der Waals surface area contributed by atoms with Gasteiger partial charge in [-0.15, -0.1) is 6.58 Å². The highest BCUT2D eigenvalue weighted by Crippen LogP contribution is 2.21. The number of hydrogen-bond acceptors (Lipinski definition) is 4. The maximum atomic E-state index is 12.3. The topological polar surface area (TPSA) is 69.3 Å². The third-order valence-electron chi connectivity index (χ3n) is 4.21. The fourth-order valence-electron chi connectivity index (χ4n) is 2.78. The second-order valence-corrected chi connectivity index (χ2v) is 6.50. The van der Waals surface area contributed by atoms with Gasteiger partial charge in [0, 0.05) is 6.54 Å². The number of rotatable bonds is 9. The number of halogens is 1. The van der Waals surface area contributed by atoms with Crippen LogP contribution in [-0.2, 0) is 26.1 Å². The van der Waals surface area contributed by atoms with E-state index in [2.05, 4.69) is 17.0 Å². The largest absolute Gasteiger partial charge is 0.485 e. The molecule has 1 N–H and O–H groups in total. The van der Waals surface area contributed by atoms with Crippen molar-refractivity contribution in [3.8, 4) is 5.75 Å². The molecular weight excluding hydrogens is 378 g/mol. The van der Waals surface area contributed by atoms with Crippen molar-refractivity contribution in [3.05, 3.63) is 83.1 Å². The molecule has 0 aliphatic heterocycles. The van der Waals surface area contributed by atoms with Gasteiger partial charge in [0.15, 0.2) is 5.76 Å². The van der Waals surface area contributed by atoms with E-state index in [9.17, 15) is 4.79 Å². The van der Waals surface area contributed by atoms with Crippen molar-refractivity contribution in [1.29, 1.82) is 0 Å². The zero-order valence-electron chi connectivity index (χ0n) is 15.7. The Hall–Kier alpha value is -2.99. The van der Waals surface area contributed by atoms with E-state index in [1.54, 1.807) is 23.0 Å². The smallest absolute Gasteiger partial charge is 0.287 e. The Kier molecular flexibility index (Phi) is 6.55. The average molecular weight is 400 g/mol. The monoisotopic (exact) mass is 399 g/mol. The molecule has 2 heterocycles. The maximum Gasteiger partial charge on any atom is 0.287 e. The molecule has 0 unspecified atom stereocenters. The first-order valence-electron chi connectivity index (χ1n) is 9.01. The van der Waals surface area contributed by atoms with Crippen molar-refractivity contribution in [2.75, 3.05) is 0 Å². The Balaban J connectivity index is 1.58. The third-order valence-corrected chi connectivity index (χ3v) is 4.52. The second-order valence-electron chi connectivity index (χ2n) is 6.09. The summed E-state index contributed by atoms with van der Waals surface area (Å²) in [5.74, 6) is 1.23. The molecule has 0 aliphatic rings. The van der Waals surface area contributed by atoms with Gasteiger partial charge >= 0.3 is 0 Å². The van der Waals surface area contributed by atoms with Crippen LogP contribution in [0.2, 0.25) is 5.02 Å². The molecule has 0 spiro atoms. The first-order valence-corrected chi connectivity index (χ1v) is 9.38. The number of nitrogens with one attached hydrogen (secondary N) is 1. The summed E-state index contributed by atoms with van der Waals surface area (Å²) in [6, 6.07) is 11.1. The van der Waals surface area contributed by atoms with Gasteiger partial charge in [0.2, 0.25) is 0 Å². The number of amides is 1. The molecular formula is C21H22ClN3O3. The van der Waals surface area contributed by atoms with E-state index >= 15 is 0 Å². The van der Waals surface area contributed by atoms with Gasteiger partial charge in [-0.3, -0.25) is 9.48 Å². The molecule has 3 rings (SSSR count). The van der Waals surface area contributed by atoms with E-state index in [-0.39, 0.29) is 24.8 Å². The lowest BCUT2D eigenvalue weighted by Gasteiger charge is -2.09. The van der Waals surface area contributed by atoms with Crippen LogP contribution in [0.1, 0.15) is 34.5 Å². The van der Waals surface area contributed by atoms with Crippen LogP contribution in [-0.4, -0.2) is 15.7 Å². The average Bonchev–Trinajstić information content (AvgIpc) is 3.32. The molecule has 28 heavy (non-hydrogen) atoms. The number of furan rings is 1. The van der Waals surface area contributed by atoms with Crippen LogP contribution in [0.4, 0.5) is 0 Å². The Morgan fingerprint density at radius 2 is 2.18 bits per heavy atom. The van der Waals surface area contributed by atoms with Crippen LogP contribution >= 0.6 is 11.6 Å². The number of benzene rings is 1. The quantitative estimate of drug-likeness (QED) is 0.542. The first-order chi connectivity index (χ1) is 13.6. The van der Waals surface area contributed by atoms with Gasteiger partial charge in [0.05, 0.1) is 23.5 Å². The summed E-state index contributed by atoms with van der Waals surface area (Å²) in [5, 5.41) is 7.47. The lowest BCUT2D eigenvalue weighted by atomic mass is 10.1. The molecule has 0 saturated carbocycles. The van der Waals surface area contributed by atoms with Crippen molar-refractivity contribution in [1.82, 2.24) is 15.1 Å². The normalized spacial score (nSPS) is 10.6. The zero-order chi connectivity index (χ0) is 19.9. The standard InChI is InChI=1S/C21H22ClN3O3/c1-3-7-15-8-5-6-9-19(15)27-14-16-10-11-20(28-16)21(26)23-13-18-17(22)12-24-25(18)4-2/h3,5-6,8-12H,1,4,7,13-14H2,2H3,(H,23,26). The molecule has 7 heteroatoms. The summed E-state index contributed by atoms with van der Waals surface area (Å²) in [6.07, 6.45) is 4.12. The maximum absolute atomic E-state index is 12.3. The Labute approximate surface area is 168 Å². The molecule has 0 bridgehead atoms. The highest BCUT2D eigenvalue weighted by atomic mass is 35.5. The molecule has 146 valence electrons. The summed E-state index contributed by atoms with van der Waals surface area (Å²) in [7, 11) is 0. The van der Waals surface area contributed by atoms with Crippen LogP contribution in [0.25, 0.3) is 0 Å². The van der Waals surface area contributed by atoms with Crippen molar-refractivity contribution >= 4 is 17.5 Å². The fraction of sp³-hybridized carbons (Fsp3) is 0.238. The molecule has 0 fully saturated rings. The van der Waals surface area contributed by atoms with Crippen LogP contribution in [0.15, 0.2) is 59.7 Å². The predicted molar refractivity (Wildman–Crippen MR) is 107 cm³/mol. The van der Waals surface area contributed by atoms with Crippen LogP contribution in [0, 0.1) is 0 Å². The Bertz CT molecular complexity index is 961. The van der Waals surface area contributed by atoms with Crippen molar-refractivity contribution in [2.45, 2.75) is 33.0 Å². The van der Waals surface area contributed by atoms with E-state index < -0.39 is 0 Å². The molecule has 0 atom stereocenters. The van der Waals surface area contributed by atoms with E-state index in [1.807, 2.05) is 37.3 Å². The van der Waals surface area contributed by atoms with Crippen LogP contribution < -0.4 is 10.1 Å². The minimum Gasteiger partial charge on any atom is -0.485 e. The number of carbonyl (C=O) groups is 1. The summed E-state index contributed by atoms with van der Waals surface area (Å²) in [5.41, 5.74) is 1.80. The summed E-state index contributed by atoms with van der Waals surface area (Å²) in [4.78, 5) is 12.3. The molecule has 0 radical (unpaired) electrons. The lowest BCUT2D eigenvalue weighted by molar-refractivity contribution is 0.0918. The highest BCUT2D eigenvalue weighted by molar-refractivity contribution is 6.31. The highest BCUT2D eigenvalue weighted by Gasteiger charge is 2.14. The van der Waals surface area contributed by atoms with Crippen molar-refractivity contribution in [2.24, 2.45) is 0 Å². The first kappa shape index (κ1) is 19.8. The fourth-order valence-corrected chi connectivity index (χ4v) is 2.99. The lowest BCUT2D eigenvalue weighted by Crippen LogP contribution is -2.24. The van der Waals surface area contributed by atoms with Gasteiger partial charge in [-0.25, -0.2) is 0 Å². The number of carbonyl (C=O) groups excluding carboxylic acids is 1. The van der Waals surface area contributed by atoms with E-state index in [0.717, 1.165) is 23.4 Å². The summed E-state index contributed by atoms with van der Waals surface area (Å²) < 4.78 is 13.2. The van der Waals surface area contributed by atoms with Crippen LogP contribution in [0.5, 0.6) is 5.75 Å². The van der Waals surface area contributed by atoms with Gasteiger partial charge in [0.1, 0.15) is 18.1 Å². The minimum atomic E-state index is -0.321. The van der Waals surface area contributed by atoms with Gasteiger partial charge in [-0.05, 0) is 37.1 Å². The number of aromatic nitrogens is 2. The van der Waals surface area contributed by atoms with Gasteiger partial charge in [-0.1, -0.05) is 35.9 Å². The zero-order valence-corrected chi connectivity index (χ0v) is 16.4. The van der Waals surface area contributed by atoms with Gasteiger partial charge in [0.25, 0.3) is 5.91 Å². The number of aryl methyl sites for hydroxylation is 1. The number of ether oxygens (including phenoxy) is 1. The van der Waals surface area contributed by atoms with E-state index in [4.69, 9.17) is 20.8 Å². The molecule has 1 aromatic carbocycles. The van der Waals surface area contributed by atoms with Crippen LogP contribution in [0.3, 0.4) is 0 Å². The molecule has 2 aromatic heterocycles.